The first-order valence-corrected chi connectivity index (χ1v) is 8.72. The molecule has 2 aromatic rings. The zero-order valence-electron chi connectivity index (χ0n) is 13.5. The Bertz CT molecular complexity index is 715. The van der Waals surface area contributed by atoms with Gasteiger partial charge in [-0.25, -0.2) is 14.4 Å². The molecule has 24 heavy (non-hydrogen) atoms. The van der Waals surface area contributed by atoms with Crippen LogP contribution in [0.1, 0.15) is 18.4 Å². The molecule has 0 amide bonds. The molecule has 0 bridgehead atoms. The van der Waals surface area contributed by atoms with Gasteiger partial charge >= 0.3 is 0 Å². The minimum atomic E-state index is -0.237. The average Bonchev–Trinajstić information content (AvgIpc) is 3.07. The minimum Gasteiger partial charge on any atom is -0.394 e. The lowest BCUT2D eigenvalue weighted by Gasteiger charge is -2.25. The van der Waals surface area contributed by atoms with Gasteiger partial charge in [0.05, 0.1) is 12.6 Å². The summed E-state index contributed by atoms with van der Waals surface area (Å²) in [6.45, 7) is 1.41. The fourth-order valence-electron chi connectivity index (χ4n) is 3.03. The molecule has 7 heteroatoms. The summed E-state index contributed by atoms with van der Waals surface area (Å²) in [5, 5.41) is 9.49. The van der Waals surface area contributed by atoms with Gasteiger partial charge in [0.2, 0.25) is 0 Å². The van der Waals surface area contributed by atoms with E-state index in [4.69, 9.17) is 0 Å². The summed E-state index contributed by atoms with van der Waals surface area (Å²) in [5.74, 6) is 1.29. The summed E-state index contributed by atoms with van der Waals surface area (Å²) in [4.78, 5) is 12.6. The van der Waals surface area contributed by atoms with E-state index >= 15 is 0 Å². The average molecular weight is 395 g/mol. The zero-order valence-corrected chi connectivity index (χ0v) is 15.1. The number of benzene rings is 1. The molecule has 1 aromatic carbocycles. The van der Waals surface area contributed by atoms with Crippen molar-refractivity contribution in [3.05, 3.63) is 46.4 Å². The van der Waals surface area contributed by atoms with E-state index < -0.39 is 0 Å². The number of hydrogen-bond acceptors (Lipinski definition) is 5. The highest BCUT2D eigenvalue weighted by Crippen LogP contribution is 2.26. The van der Waals surface area contributed by atoms with Crippen molar-refractivity contribution in [1.82, 2.24) is 9.97 Å². The first-order valence-electron chi connectivity index (χ1n) is 7.93. The van der Waals surface area contributed by atoms with E-state index in [1.807, 2.05) is 18.0 Å². The highest BCUT2D eigenvalue weighted by Gasteiger charge is 2.25. The third-order valence-corrected chi connectivity index (χ3v) is 4.82. The number of anilines is 2. The first-order chi connectivity index (χ1) is 11.6. The van der Waals surface area contributed by atoms with Gasteiger partial charge in [-0.05, 0) is 31.0 Å². The second kappa shape index (κ2) is 7.44. The van der Waals surface area contributed by atoms with Crippen LogP contribution >= 0.6 is 15.9 Å². The summed E-state index contributed by atoms with van der Waals surface area (Å²) in [6.07, 6.45) is 3.53. The number of aliphatic hydroxyl groups is 1. The molecule has 1 atom stereocenters. The van der Waals surface area contributed by atoms with E-state index in [0.717, 1.165) is 35.5 Å². The Kier molecular flexibility index (Phi) is 5.30. The highest BCUT2D eigenvalue weighted by atomic mass is 79.9. The molecule has 0 aliphatic carbocycles. The number of halogens is 2. The van der Waals surface area contributed by atoms with Crippen molar-refractivity contribution >= 4 is 27.6 Å². The molecule has 1 aromatic heterocycles. The van der Waals surface area contributed by atoms with Crippen LogP contribution < -0.4 is 9.80 Å². The summed E-state index contributed by atoms with van der Waals surface area (Å²) < 4.78 is 14.8. The van der Waals surface area contributed by atoms with E-state index in [0.29, 0.717) is 12.1 Å². The van der Waals surface area contributed by atoms with Crippen LogP contribution in [0.2, 0.25) is 0 Å². The Morgan fingerprint density at radius 1 is 1.38 bits per heavy atom. The van der Waals surface area contributed by atoms with Crippen molar-refractivity contribution < 1.29 is 9.50 Å². The van der Waals surface area contributed by atoms with Gasteiger partial charge in [-0.3, -0.25) is 0 Å². The first kappa shape index (κ1) is 17.1. The van der Waals surface area contributed by atoms with Crippen LogP contribution in [0.25, 0.3) is 0 Å². The summed E-state index contributed by atoms with van der Waals surface area (Å²) in [7, 11) is 1.87. The Hall–Kier alpha value is -1.73. The minimum absolute atomic E-state index is 0.112. The molecule has 0 saturated carbocycles. The van der Waals surface area contributed by atoms with Gasteiger partial charge in [0, 0.05) is 36.2 Å². The van der Waals surface area contributed by atoms with Crippen molar-refractivity contribution in [3.63, 3.8) is 0 Å². The lowest BCUT2D eigenvalue weighted by molar-refractivity contribution is 0.266. The molecule has 1 aliphatic heterocycles. The molecule has 0 spiro atoms. The monoisotopic (exact) mass is 394 g/mol. The maximum Gasteiger partial charge on any atom is 0.134 e. The molecule has 1 saturated heterocycles. The van der Waals surface area contributed by atoms with Crippen LogP contribution in [-0.4, -0.2) is 41.3 Å². The Balaban J connectivity index is 1.79. The molecule has 128 valence electrons. The van der Waals surface area contributed by atoms with Crippen LogP contribution in [0.5, 0.6) is 0 Å². The van der Waals surface area contributed by atoms with Gasteiger partial charge in [0.1, 0.15) is 23.8 Å². The molecule has 0 radical (unpaired) electrons. The summed E-state index contributed by atoms with van der Waals surface area (Å²) in [5.41, 5.74) is 0.599. The predicted octanol–water partition coefficient (Wildman–Crippen LogP) is 2.98. The standard InChI is InChI=1S/C17H20BrFN4O/c1-22(9-12-7-13(18)4-5-15(12)19)16-8-17(21-11-20-16)23-6-2-3-14(23)10-24/h4-5,7-8,11,14,24H,2-3,6,9-10H2,1H3. The maximum atomic E-state index is 14.0. The van der Waals surface area contributed by atoms with Gasteiger partial charge in [0.15, 0.2) is 0 Å². The van der Waals surface area contributed by atoms with Gasteiger partial charge in [0.25, 0.3) is 0 Å². The second-order valence-electron chi connectivity index (χ2n) is 6.00. The van der Waals surface area contributed by atoms with Crippen LogP contribution in [0, 0.1) is 5.82 Å². The third kappa shape index (κ3) is 3.67. The third-order valence-electron chi connectivity index (χ3n) is 4.33. The van der Waals surface area contributed by atoms with Gasteiger partial charge in [-0.1, -0.05) is 15.9 Å². The number of aromatic nitrogens is 2. The predicted molar refractivity (Wildman–Crippen MR) is 95.7 cm³/mol. The van der Waals surface area contributed by atoms with Crippen molar-refractivity contribution in [2.45, 2.75) is 25.4 Å². The van der Waals surface area contributed by atoms with Crippen LogP contribution in [-0.2, 0) is 6.54 Å². The van der Waals surface area contributed by atoms with Crippen molar-refractivity contribution in [1.29, 1.82) is 0 Å². The number of rotatable bonds is 5. The Labute approximate surface area is 149 Å². The molecular weight excluding hydrogens is 375 g/mol. The number of aliphatic hydroxyl groups excluding tert-OH is 1. The smallest absolute Gasteiger partial charge is 0.134 e. The molecule has 1 fully saturated rings. The zero-order chi connectivity index (χ0) is 17.1. The largest absolute Gasteiger partial charge is 0.394 e. The lowest BCUT2D eigenvalue weighted by Crippen LogP contribution is -2.33. The molecule has 1 N–H and O–H groups in total. The molecule has 2 heterocycles. The Morgan fingerprint density at radius 3 is 3.00 bits per heavy atom. The molecule has 1 aliphatic rings. The highest BCUT2D eigenvalue weighted by molar-refractivity contribution is 9.10. The summed E-state index contributed by atoms with van der Waals surface area (Å²) >= 11 is 3.37. The molecular formula is C17H20BrFN4O. The maximum absolute atomic E-state index is 14.0. The molecule has 3 rings (SSSR count). The number of nitrogens with zero attached hydrogens (tertiary/aromatic N) is 4. The van der Waals surface area contributed by atoms with Crippen molar-refractivity contribution in [2.24, 2.45) is 0 Å². The van der Waals surface area contributed by atoms with E-state index in [1.54, 1.807) is 12.1 Å². The van der Waals surface area contributed by atoms with Crippen molar-refractivity contribution in [2.75, 3.05) is 30.0 Å². The SMILES string of the molecule is CN(Cc1cc(Br)ccc1F)c1cc(N2CCCC2CO)ncn1. The van der Waals surface area contributed by atoms with E-state index in [1.165, 1.54) is 12.4 Å². The van der Waals surface area contributed by atoms with Gasteiger partial charge in [-0.15, -0.1) is 0 Å². The fraction of sp³-hybridized carbons (Fsp3) is 0.412. The van der Waals surface area contributed by atoms with Crippen molar-refractivity contribution in [3.8, 4) is 0 Å². The van der Waals surface area contributed by atoms with Gasteiger partial charge < -0.3 is 14.9 Å². The topological polar surface area (TPSA) is 52.5 Å². The Morgan fingerprint density at radius 2 is 2.21 bits per heavy atom. The molecule has 5 nitrogen and oxygen atoms in total. The van der Waals surface area contributed by atoms with E-state index in [-0.39, 0.29) is 18.5 Å². The van der Waals surface area contributed by atoms with Crippen LogP contribution in [0.4, 0.5) is 16.0 Å². The normalized spacial score (nSPS) is 17.3. The number of hydrogen-bond donors (Lipinski definition) is 1. The van der Waals surface area contributed by atoms with E-state index in [2.05, 4.69) is 30.8 Å². The quantitative estimate of drug-likeness (QED) is 0.844. The molecule has 1 unspecified atom stereocenters. The van der Waals surface area contributed by atoms with E-state index in [9.17, 15) is 9.50 Å². The second-order valence-corrected chi connectivity index (χ2v) is 6.91. The van der Waals surface area contributed by atoms with Gasteiger partial charge in [-0.2, -0.15) is 0 Å². The fourth-order valence-corrected chi connectivity index (χ4v) is 3.44. The summed E-state index contributed by atoms with van der Waals surface area (Å²) in [6, 6.07) is 6.92. The van der Waals surface area contributed by atoms with Crippen LogP contribution in [0.15, 0.2) is 35.1 Å². The lowest BCUT2D eigenvalue weighted by atomic mass is 10.2. The van der Waals surface area contributed by atoms with Crippen LogP contribution in [0.3, 0.4) is 0 Å².